The maximum atomic E-state index is 5.89. The van der Waals surface area contributed by atoms with Gasteiger partial charge in [-0.15, -0.1) is 0 Å². The van der Waals surface area contributed by atoms with Crippen molar-refractivity contribution in [2.24, 2.45) is 0 Å². The van der Waals surface area contributed by atoms with E-state index >= 15 is 0 Å². The molecule has 4 aromatic rings. The van der Waals surface area contributed by atoms with Gasteiger partial charge in [0, 0.05) is 14.3 Å². The Hall–Kier alpha value is -1.81. The van der Waals surface area contributed by atoms with E-state index in [0.29, 0.717) is 0 Å². The number of benzene rings is 3. The molecular formula is C18H11IO. The Kier molecular flexibility index (Phi) is 2.77. The molecule has 20 heavy (non-hydrogen) atoms. The van der Waals surface area contributed by atoms with Crippen LogP contribution < -0.4 is 0 Å². The molecule has 1 heterocycles. The van der Waals surface area contributed by atoms with Gasteiger partial charge in [0.05, 0.1) is 0 Å². The third-order valence-electron chi connectivity index (χ3n) is 3.54. The second-order valence-electron chi connectivity index (χ2n) is 4.82. The Bertz CT molecular complexity index is 907. The molecular weight excluding hydrogens is 359 g/mol. The Morgan fingerprint density at radius 2 is 1.35 bits per heavy atom. The van der Waals surface area contributed by atoms with Crippen molar-refractivity contribution >= 4 is 44.5 Å². The fourth-order valence-corrected chi connectivity index (χ4v) is 3.05. The van der Waals surface area contributed by atoms with E-state index < -0.39 is 0 Å². The minimum absolute atomic E-state index is 0.946. The minimum Gasteiger partial charge on any atom is -0.456 e. The van der Waals surface area contributed by atoms with Crippen molar-refractivity contribution < 1.29 is 4.42 Å². The molecule has 0 radical (unpaired) electrons. The average molecular weight is 370 g/mol. The molecule has 0 aliphatic heterocycles. The number of halogens is 1. The van der Waals surface area contributed by atoms with Crippen molar-refractivity contribution in [1.29, 1.82) is 0 Å². The summed E-state index contributed by atoms with van der Waals surface area (Å²) in [5.41, 5.74) is 4.35. The first-order valence-electron chi connectivity index (χ1n) is 6.48. The quantitative estimate of drug-likeness (QED) is 0.383. The lowest BCUT2D eigenvalue weighted by Gasteiger charge is -2.01. The van der Waals surface area contributed by atoms with Gasteiger partial charge in [0.1, 0.15) is 11.2 Å². The van der Waals surface area contributed by atoms with Gasteiger partial charge < -0.3 is 4.42 Å². The van der Waals surface area contributed by atoms with E-state index in [1.807, 2.05) is 12.1 Å². The van der Waals surface area contributed by atoms with Crippen LogP contribution in [0.5, 0.6) is 0 Å². The molecule has 4 rings (SSSR count). The Balaban J connectivity index is 2.03. The van der Waals surface area contributed by atoms with E-state index in [2.05, 4.69) is 77.2 Å². The highest BCUT2D eigenvalue weighted by Gasteiger charge is 2.08. The van der Waals surface area contributed by atoms with Gasteiger partial charge >= 0.3 is 0 Å². The van der Waals surface area contributed by atoms with Crippen LogP contribution in [0.2, 0.25) is 0 Å². The molecule has 1 nitrogen and oxygen atoms in total. The topological polar surface area (TPSA) is 13.1 Å². The summed E-state index contributed by atoms with van der Waals surface area (Å²) in [5, 5.41) is 2.37. The summed E-state index contributed by atoms with van der Waals surface area (Å²) in [6.45, 7) is 0. The van der Waals surface area contributed by atoms with Crippen LogP contribution in [0.3, 0.4) is 0 Å². The van der Waals surface area contributed by atoms with Gasteiger partial charge in [-0.1, -0.05) is 36.4 Å². The second kappa shape index (κ2) is 4.63. The van der Waals surface area contributed by atoms with Crippen molar-refractivity contribution in [2.75, 3.05) is 0 Å². The molecule has 0 unspecified atom stereocenters. The van der Waals surface area contributed by atoms with Gasteiger partial charge in [0.15, 0.2) is 0 Å². The Labute approximate surface area is 130 Å². The number of furan rings is 1. The van der Waals surface area contributed by atoms with Crippen LogP contribution in [0.25, 0.3) is 33.1 Å². The molecule has 0 saturated carbocycles. The summed E-state index contributed by atoms with van der Waals surface area (Å²) in [5.74, 6) is 0. The number of rotatable bonds is 1. The van der Waals surface area contributed by atoms with Gasteiger partial charge in [-0.2, -0.15) is 0 Å². The highest BCUT2D eigenvalue weighted by Crippen LogP contribution is 2.33. The van der Waals surface area contributed by atoms with Gasteiger partial charge in [-0.3, -0.25) is 0 Å². The van der Waals surface area contributed by atoms with E-state index in [0.717, 1.165) is 11.2 Å². The van der Waals surface area contributed by atoms with Crippen molar-refractivity contribution in [3.8, 4) is 11.1 Å². The molecule has 0 N–H and O–H groups in total. The SMILES string of the molecule is Ic1ccc2oc3ccc(-c4ccccc4)cc3c2c1. The maximum absolute atomic E-state index is 5.89. The minimum atomic E-state index is 0.946. The van der Waals surface area contributed by atoms with Gasteiger partial charge in [0.25, 0.3) is 0 Å². The fraction of sp³-hybridized carbons (Fsp3) is 0. The van der Waals surface area contributed by atoms with Crippen LogP contribution in [0.4, 0.5) is 0 Å². The van der Waals surface area contributed by atoms with E-state index in [1.165, 1.54) is 25.5 Å². The first-order valence-corrected chi connectivity index (χ1v) is 7.56. The monoisotopic (exact) mass is 370 g/mol. The molecule has 96 valence electrons. The zero-order valence-electron chi connectivity index (χ0n) is 10.6. The molecule has 0 aliphatic carbocycles. The third-order valence-corrected chi connectivity index (χ3v) is 4.21. The standard InChI is InChI=1S/C18H11IO/c19-14-7-9-18-16(11-14)15-10-13(6-8-17(15)20-18)12-4-2-1-3-5-12/h1-11H. The maximum Gasteiger partial charge on any atom is 0.135 e. The lowest BCUT2D eigenvalue weighted by Crippen LogP contribution is -1.76. The van der Waals surface area contributed by atoms with Crippen LogP contribution in [-0.2, 0) is 0 Å². The lowest BCUT2D eigenvalue weighted by molar-refractivity contribution is 0.669. The highest BCUT2D eigenvalue weighted by molar-refractivity contribution is 14.1. The predicted octanol–water partition coefficient (Wildman–Crippen LogP) is 5.86. The van der Waals surface area contributed by atoms with Crippen LogP contribution >= 0.6 is 22.6 Å². The highest BCUT2D eigenvalue weighted by atomic mass is 127. The van der Waals surface area contributed by atoms with Crippen LogP contribution in [0.1, 0.15) is 0 Å². The number of hydrogen-bond acceptors (Lipinski definition) is 1. The third kappa shape index (κ3) is 1.91. The molecule has 0 fully saturated rings. The summed E-state index contributed by atoms with van der Waals surface area (Å²) in [6.07, 6.45) is 0. The predicted molar refractivity (Wildman–Crippen MR) is 91.9 cm³/mol. The molecule has 0 bridgehead atoms. The summed E-state index contributed by atoms with van der Waals surface area (Å²) in [6, 6.07) is 23.1. The lowest BCUT2D eigenvalue weighted by atomic mass is 10.0. The van der Waals surface area contributed by atoms with Crippen molar-refractivity contribution in [1.82, 2.24) is 0 Å². The summed E-state index contributed by atoms with van der Waals surface area (Å²) < 4.78 is 7.12. The number of hydrogen-bond donors (Lipinski definition) is 0. The van der Waals surface area contributed by atoms with Crippen LogP contribution in [0.15, 0.2) is 71.1 Å². The first-order chi connectivity index (χ1) is 9.81. The Morgan fingerprint density at radius 3 is 2.15 bits per heavy atom. The summed E-state index contributed by atoms with van der Waals surface area (Å²) in [7, 11) is 0. The Morgan fingerprint density at radius 1 is 0.650 bits per heavy atom. The number of fused-ring (bicyclic) bond motifs is 3. The second-order valence-corrected chi connectivity index (χ2v) is 6.07. The molecule has 3 aromatic carbocycles. The fourth-order valence-electron chi connectivity index (χ4n) is 2.56. The van der Waals surface area contributed by atoms with Gasteiger partial charge in [-0.05, 0) is 64.0 Å². The molecule has 0 spiro atoms. The van der Waals surface area contributed by atoms with Crippen LogP contribution in [-0.4, -0.2) is 0 Å². The molecule has 0 saturated heterocycles. The molecule has 0 atom stereocenters. The zero-order valence-corrected chi connectivity index (χ0v) is 12.8. The molecule has 0 amide bonds. The van der Waals surface area contributed by atoms with Crippen molar-refractivity contribution in [3.63, 3.8) is 0 Å². The van der Waals surface area contributed by atoms with Crippen molar-refractivity contribution in [2.45, 2.75) is 0 Å². The molecule has 2 heteroatoms. The zero-order chi connectivity index (χ0) is 13.5. The van der Waals surface area contributed by atoms with Crippen LogP contribution in [0, 0.1) is 3.57 Å². The largest absolute Gasteiger partial charge is 0.456 e. The van der Waals surface area contributed by atoms with E-state index in [4.69, 9.17) is 4.42 Å². The summed E-state index contributed by atoms with van der Waals surface area (Å²) >= 11 is 2.34. The normalized spacial score (nSPS) is 11.2. The molecule has 0 aliphatic rings. The average Bonchev–Trinajstić information content (AvgIpc) is 2.85. The smallest absolute Gasteiger partial charge is 0.135 e. The first kappa shape index (κ1) is 12.0. The van der Waals surface area contributed by atoms with E-state index in [-0.39, 0.29) is 0 Å². The van der Waals surface area contributed by atoms with Gasteiger partial charge in [0.2, 0.25) is 0 Å². The van der Waals surface area contributed by atoms with Crippen molar-refractivity contribution in [3.05, 3.63) is 70.3 Å². The van der Waals surface area contributed by atoms with E-state index in [1.54, 1.807) is 0 Å². The van der Waals surface area contributed by atoms with E-state index in [9.17, 15) is 0 Å². The molecule has 1 aromatic heterocycles. The van der Waals surface area contributed by atoms with Gasteiger partial charge in [-0.25, -0.2) is 0 Å². The summed E-state index contributed by atoms with van der Waals surface area (Å²) in [4.78, 5) is 0.